The zero-order chi connectivity index (χ0) is 20.8. The summed E-state index contributed by atoms with van der Waals surface area (Å²) >= 11 is 5.16. The van der Waals surface area contributed by atoms with Gasteiger partial charge < -0.3 is 20.7 Å². The van der Waals surface area contributed by atoms with Crippen LogP contribution in [0.5, 0.6) is 5.75 Å². The molecule has 30 heavy (non-hydrogen) atoms. The molecule has 1 atom stereocenters. The number of ether oxygens (including phenoxy) is 1. The number of nitrogens with zero attached hydrogens (tertiary/aromatic N) is 1. The van der Waals surface area contributed by atoms with E-state index in [1.165, 1.54) is 32.4 Å². The van der Waals surface area contributed by atoms with E-state index in [2.05, 4.69) is 20.9 Å². The molecule has 4 rings (SSSR count). The Bertz CT molecular complexity index is 881. The largest absolute Gasteiger partial charge is 0.492 e. The number of rotatable bonds is 7. The lowest BCUT2D eigenvalue weighted by Crippen LogP contribution is -2.33. The highest BCUT2D eigenvalue weighted by molar-refractivity contribution is 7.80. The van der Waals surface area contributed by atoms with Gasteiger partial charge in [-0.05, 0) is 74.0 Å². The quantitative estimate of drug-likeness (QED) is 0.593. The molecule has 2 heterocycles. The van der Waals surface area contributed by atoms with Gasteiger partial charge in [0.2, 0.25) is 0 Å². The number of benzene rings is 2. The number of carbonyl (C=O) groups is 1. The third-order valence-electron chi connectivity index (χ3n) is 5.60. The van der Waals surface area contributed by atoms with Gasteiger partial charge in [0, 0.05) is 24.3 Å². The summed E-state index contributed by atoms with van der Waals surface area (Å²) in [6.07, 6.45) is 3.91. The number of carbonyl (C=O) groups excluding carboxylic acids is 1. The molecule has 0 radical (unpaired) electrons. The monoisotopic (exact) mass is 424 g/mol. The number of hydrogen-bond donors (Lipinski definition) is 3. The first kappa shape index (κ1) is 20.6. The summed E-state index contributed by atoms with van der Waals surface area (Å²) in [5.41, 5.74) is 2.39. The Morgan fingerprint density at radius 2 is 1.87 bits per heavy atom. The lowest BCUT2D eigenvalue weighted by Gasteiger charge is -2.26. The minimum Gasteiger partial charge on any atom is -0.492 e. The molecule has 158 valence electrons. The van der Waals surface area contributed by atoms with Crippen LogP contribution in [0.4, 0.5) is 5.69 Å². The van der Waals surface area contributed by atoms with Crippen molar-refractivity contribution in [2.75, 3.05) is 38.1 Å². The molecule has 0 aromatic heterocycles. The van der Waals surface area contributed by atoms with E-state index in [0.717, 1.165) is 23.5 Å². The first-order valence-corrected chi connectivity index (χ1v) is 11.0. The molecule has 0 bridgehead atoms. The van der Waals surface area contributed by atoms with Gasteiger partial charge >= 0.3 is 0 Å². The molecule has 7 heteroatoms. The molecular formula is C23H28N4O2S. The fourth-order valence-corrected chi connectivity index (χ4v) is 4.16. The molecule has 0 spiro atoms. The summed E-state index contributed by atoms with van der Waals surface area (Å²) in [5, 5.41) is 10.0. The lowest BCUT2D eigenvalue weighted by molar-refractivity contribution is 0.102. The van der Waals surface area contributed by atoms with Crippen LogP contribution in [-0.2, 0) is 0 Å². The van der Waals surface area contributed by atoms with E-state index < -0.39 is 0 Å². The predicted octanol–water partition coefficient (Wildman–Crippen LogP) is 3.32. The Kier molecular flexibility index (Phi) is 6.81. The van der Waals surface area contributed by atoms with E-state index in [4.69, 9.17) is 17.0 Å². The van der Waals surface area contributed by atoms with Crippen molar-refractivity contribution in [3.8, 4) is 5.75 Å². The van der Waals surface area contributed by atoms with Crippen LogP contribution < -0.4 is 20.7 Å². The first-order valence-electron chi connectivity index (χ1n) is 10.6. The molecule has 0 aliphatic carbocycles. The van der Waals surface area contributed by atoms with Crippen LogP contribution in [0.15, 0.2) is 48.5 Å². The summed E-state index contributed by atoms with van der Waals surface area (Å²) in [6.45, 7) is 4.66. The van der Waals surface area contributed by atoms with Crippen molar-refractivity contribution in [3.63, 3.8) is 0 Å². The van der Waals surface area contributed by atoms with E-state index >= 15 is 0 Å². The van der Waals surface area contributed by atoms with Crippen LogP contribution in [0.1, 0.15) is 41.2 Å². The number of thiocarbonyl (C=S) groups is 1. The van der Waals surface area contributed by atoms with Crippen molar-refractivity contribution in [2.24, 2.45) is 0 Å². The Labute approximate surface area is 183 Å². The fraction of sp³-hybridized carbons (Fsp3) is 0.391. The Balaban J connectivity index is 1.32. The number of amides is 1. The molecule has 1 amide bonds. The van der Waals surface area contributed by atoms with Crippen molar-refractivity contribution >= 4 is 28.9 Å². The molecule has 2 aliphatic heterocycles. The number of piperidine rings is 1. The van der Waals surface area contributed by atoms with Crippen molar-refractivity contribution in [3.05, 3.63) is 59.7 Å². The van der Waals surface area contributed by atoms with Crippen molar-refractivity contribution in [1.29, 1.82) is 0 Å². The van der Waals surface area contributed by atoms with Crippen molar-refractivity contribution in [1.82, 2.24) is 15.5 Å². The Morgan fingerprint density at radius 3 is 2.60 bits per heavy atom. The fourth-order valence-electron chi connectivity index (χ4n) is 3.93. The second-order valence-electron chi connectivity index (χ2n) is 7.72. The smallest absolute Gasteiger partial charge is 0.255 e. The summed E-state index contributed by atoms with van der Waals surface area (Å²) in [4.78, 5) is 15.2. The second-order valence-corrected chi connectivity index (χ2v) is 8.13. The molecule has 2 saturated heterocycles. The van der Waals surface area contributed by atoms with Crippen molar-refractivity contribution < 1.29 is 9.53 Å². The number of hydrogen-bond acceptors (Lipinski definition) is 4. The highest BCUT2D eigenvalue weighted by Crippen LogP contribution is 2.25. The molecule has 2 aromatic rings. The maximum Gasteiger partial charge on any atom is 0.255 e. The average Bonchev–Trinajstić information content (AvgIpc) is 3.21. The standard InChI is InChI=1S/C23H28N4O2S/c28-22(25-20-7-3-2-6-19(20)21-16-24-23(30)26-21)17-8-10-18(11-9-17)29-15-14-27-12-4-1-5-13-27/h2-3,6-11,21H,1,4-5,12-16H2,(H,25,28)(H2,24,26,30). The van der Waals surface area contributed by atoms with Crippen LogP contribution in [-0.4, -0.2) is 48.7 Å². The van der Waals surface area contributed by atoms with Gasteiger partial charge in [-0.3, -0.25) is 9.69 Å². The van der Waals surface area contributed by atoms with Crippen LogP contribution in [0, 0.1) is 0 Å². The van der Waals surface area contributed by atoms with Crippen molar-refractivity contribution in [2.45, 2.75) is 25.3 Å². The van der Waals surface area contributed by atoms with E-state index in [1.807, 2.05) is 36.4 Å². The molecule has 6 nitrogen and oxygen atoms in total. The van der Waals surface area contributed by atoms with Gasteiger partial charge in [-0.15, -0.1) is 0 Å². The second kappa shape index (κ2) is 9.91. The summed E-state index contributed by atoms with van der Waals surface area (Å²) in [5.74, 6) is 0.648. The third kappa shape index (κ3) is 5.29. The topological polar surface area (TPSA) is 65.6 Å². The van der Waals surface area contributed by atoms with Crippen LogP contribution in [0.25, 0.3) is 0 Å². The summed E-state index contributed by atoms with van der Waals surface area (Å²) in [7, 11) is 0. The molecule has 2 fully saturated rings. The van der Waals surface area contributed by atoms with E-state index in [9.17, 15) is 4.79 Å². The average molecular weight is 425 g/mol. The van der Waals surface area contributed by atoms with Crippen LogP contribution in [0.2, 0.25) is 0 Å². The van der Waals surface area contributed by atoms with Gasteiger partial charge in [0.15, 0.2) is 5.11 Å². The molecule has 0 saturated carbocycles. The number of para-hydroxylation sites is 1. The normalized spacial score (nSPS) is 19.1. The van der Waals surface area contributed by atoms with Gasteiger partial charge in [0.1, 0.15) is 12.4 Å². The number of nitrogens with one attached hydrogen (secondary N) is 3. The van der Waals surface area contributed by atoms with Crippen LogP contribution >= 0.6 is 12.2 Å². The molecule has 2 aromatic carbocycles. The molecule has 3 N–H and O–H groups in total. The maximum atomic E-state index is 12.8. The Morgan fingerprint density at radius 1 is 1.10 bits per heavy atom. The van der Waals surface area contributed by atoms with Gasteiger partial charge in [0.25, 0.3) is 5.91 Å². The summed E-state index contributed by atoms with van der Waals surface area (Å²) < 4.78 is 5.86. The van der Waals surface area contributed by atoms with E-state index in [-0.39, 0.29) is 11.9 Å². The molecular weight excluding hydrogens is 396 g/mol. The molecule has 1 unspecified atom stereocenters. The van der Waals surface area contributed by atoms with Gasteiger partial charge in [0.05, 0.1) is 6.04 Å². The van der Waals surface area contributed by atoms with Gasteiger partial charge in [-0.1, -0.05) is 24.6 Å². The first-order chi connectivity index (χ1) is 14.7. The minimum absolute atomic E-state index is 0.0460. The highest BCUT2D eigenvalue weighted by atomic mass is 32.1. The van der Waals surface area contributed by atoms with Gasteiger partial charge in [-0.2, -0.15) is 0 Å². The van der Waals surface area contributed by atoms with E-state index in [1.54, 1.807) is 12.1 Å². The van der Waals surface area contributed by atoms with E-state index in [0.29, 0.717) is 23.8 Å². The lowest BCUT2D eigenvalue weighted by atomic mass is 10.0. The van der Waals surface area contributed by atoms with Crippen LogP contribution in [0.3, 0.4) is 0 Å². The molecule has 2 aliphatic rings. The summed E-state index contributed by atoms with van der Waals surface area (Å²) in [6, 6.07) is 15.2. The minimum atomic E-state index is -0.143. The predicted molar refractivity (Wildman–Crippen MR) is 123 cm³/mol. The third-order valence-corrected chi connectivity index (χ3v) is 5.86. The number of anilines is 1. The highest BCUT2D eigenvalue weighted by Gasteiger charge is 2.22. The maximum absolute atomic E-state index is 12.8. The SMILES string of the molecule is O=C(Nc1ccccc1C1CNC(=S)N1)c1ccc(OCCN2CCCCC2)cc1. The zero-order valence-corrected chi connectivity index (χ0v) is 17.8. The Hall–Kier alpha value is -2.64. The van der Waals surface area contributed by atoms with Gasteiger partial charge in [-0.25, -0.2) is 0 Å². The zero-order valence-electron chi connectivity index (χ0n) is 17.0. The number of likely N-dealkylation sites (tertiary alicyclic amines) is 1.